The van der Waals surface area contributed by atoms with E-state index >= 15 is 0 Å². The number of nitrogens with one attached hydrogen (secondary N) is 1. The SMILES string of the molecule is C[C@@H](NC(=O)CCn1c(=O)oc2cc(Cl)ccc21)c1ccc(F)cc1. The largest absolute Gasteiger partial charge is 0.419 e. The van der Waals surface area contributed by atoms with Gasteiger partial charge in [0.05, 0.1) is 11.6 Å². The summed E-state index contributed by atoms with van der Waals surface area (Å²) in [5.41, 5.74) is 1.78. The van der Waals surface area contributed by atoms with Crippen molar-refractivity contribution in [3.63, 3.8) is 0 Å². The Morgan fingerprint density at radius 3 is 2.72 bits per heavy atom. The number of oxazole rings is 1. The Morgan fingerprint density at radius 2 is 2.00 bits per heavy atom. The number of carbonyl (C=O) groups excluding carboxylic acids is 1. The monoisotopic (exact) mass is 362 g/mol. The van der Waals surface area contributed by atoms with Gasteiger partial charge in [0.2, 0.25) is 5.91 Å². The maximum atomic E-state index is 12.9. The molecular weight excluding hydrogens is 347 g/mol. The number of aryl methyl sites for hydroxylation is 1. The first-order valence-corrected chi connectivity index (χ1v) is 8.15. The Kier molecular flexibility index (Phi) is 4.90. The summed E-state index contributed by atoms with van der Waals surface area (Å²) in [7, 11) is 0. The third-order valence-electron chi connectivity index (χ3n) is 3.94. The average Bonchev–Trinajstić information content (AvgIpc) is 2.87. The number of hydrogen-bond donors (Lipinski definition) is 1. The highest BCUT2D eigenvalue weighted by molar-refractivity contribution is 6.31. The molecule has 25 heavy (non-hydrogen) atoms. The molecule has 0 aliphatic rings. The van der Waals surface area contributed by atoms with Crippen molar-refractivity contribution in [3.8, 4) is 0 Å². The lowest BCUT2D eigenvalue weighted by atomic mass is 10.1. The summed E-state index contributed by atoms with van der Waals surface area (Å²) < 4.78 is 19.5. The number of halogens is 2. The lowest BCUT2D eigenvalue weighted by Crippen LogP contribution is -2.28. The minimum atomic E-state index is -0.531. The lowest BCUT2D eigenvalue weighted by Gasteiger charge is -2.14. The van der Waals surface area contributed by atoms with Gasteiger partial charge in [-0.15, -0.1) is 0 Å². The Morgan fingerprint density at radius 1 is 1.28 bits per heavy atom. The van der Waals surface area contributed by atoms with Crippen LogP contribution in [0.3, 0.4) is 0 Å². The van der Waals surface area contributed by atoms with Crippen LogP contribution in [0.2, 0.25) is 5.02 Å². The second kappa shape index (κ2) is 7.11. The lowest BCUT2D eigenvalue weighted by molar-refractivity contribution is -0.121. The van der Waals surface area contributed by atoms with E-state index in [0.29, 0.717) is 16.1 Å². The molecule has 0 radical (unpaired) electrons. The van der Waals surface area contributed by atoms with Crippen LogP contribution in [0.1, 0.15) is 24.9 Å². The van der Waals surface area contributed by atoms with Crippen LogP contribution in [0, 0.1) is 5.82 Å². The summed E-state index contributed by atoms with van der Waals surface area (Å²) in [4.78, 5) is 24.1. The van der Waals surface area contributed by atoms with Crippen molar-refractivity contribution < 1.29 is 13.6 Å². The normalized spacial score (nSPS) is 12.3. The molecule has 1 amide bonds. The second-order valence-electron chi connectivity index (χ2n) is 5.72. The van der Waals surface area contributed by atoms with E-state index in [2.05, 4.69) is 5.32 Å². The molecule has 0 aliphatic heterocycles. The molecular formula is C18H16ClFN2O3. The predicted molar refractivity (Wildman–Crippen MR) is 93.1 cm³/mol. The topological polar surface area (TPSA) is 64.2 Å². The van der Waals surface area contributed by atoms with Gasteiger partial charge < -0.3 is 9.73 Å². The fourth-order valence-electron chi connectivity index (χ4n) is 2.61. The number of hydrogen-bond acceptors (Lipinski definition) is 3. The van der Waals surface area contributed by atoms with E-state index in [0.717, 1.165) is 5.56 Å². The number of carbonyl (C=O) groups is 1. The van der Waals surface area contributed by atoms with Gasteiger partial charge in [0.15, 0.2) is 5.58 Å². The summed E-state index contributed by atoms with van der Waals surface area (Å²) >= 11 is 5.87. The van der Waals surface area contributed by atoms with Crippen LogP contribution >= 0.6 is 11.6 Å². The van der Waals surface area contributed by atoms with Gasteiger partial charge in [0, 0.05) is 24.1 Å². The maximum Gasteiger partial charge on any atom is 0.419 e. The molecule has 5 nitrogen and oxygen atoms in total. The molecule has 0 saturated heterocycles. The quantitative estimate of drug-likeness (QED) is 0.753. The van der Waals surface area contributed by atoms with Crippen LogP contribution in [0.4, 0.5) is 4.39 Å². The average molecular weight is 363 g/mol. The fourth-order valence-corrected chi connectivity index (χ4v) is 2.78. The molecule has 1 atom stereocenters. The van der Waals surface area contributed by atoms with Crippen LogP contribution in [0.15, 0.2) is 51.7 Å². The van der Waals surface area contributed by atoms with E-state index in [9.17, 15) is 14.0 Å². The zero-order valence-electron chi connectivity index (χ0n) is 13.5. The molecule has 0 saturated carbocycles. The standard InChI is InChI=1S/C18H16ClFN2O3/c1-11(12-2-5-14(20)6-3-12)21-17(23)8-9-22-15-7-4-13(19)10-16(15)25-18(22)24/h2-7,10-11H,8-9H2,1H3,(H,21,23)/t11-/m1/s1. The van der Waals surface area contributed by atoms with Crippen LogP contribution in [-0.2, 0) is 11.3 Å². The van der Waals surface area contributed by atoms with Gasteiger partial charge >= 0.3 is 5.76 Å². The molecule has 0 spiro atoms. The number of fused-ring (bicyclic) bond motifs is 1. The first kappa shape index (κ1) is 17.2. The van der Waals surface area contributed by atoms with Crippen molar-refractivity contribution in [3.05, 3.63) is 69.4 Å². The van der Waals surface area contributed by atoms with E-state index in [1.807, 2.05) is 6.92 Å². The van der Waals surface area contributed by atoms with Gasteiger partial charge in [-0.2, -0.15) is 0 Å². The van der Waals surface area contributed by atoms with E-state index in [1.165, 1.54) is 16.7 Å². The van der Waals surface area contributed by atoms with E-state index in [-0.39, 0.29) is 30.7 Å². The zero-order valence-corrected chi connectivity index (χ0v) is 14.2. The third-order valence-corrected chi connectivity index (χ3v) is 4.18. The van der Waals surface area contributed by atoms with Crippen LogP contribution in [-0.4, -0.2) is 10.5 Å². The Hall–Kier alpha value is -2.60. The zero-order chi connectivity index (χ0) is 18.0. The minimum Gasteiger partial charge on any atom is -0.408 e. The summed E-state index contributed by atoms with van der Waals surface area (Å²) in [6, 6.07) is 10.6. The Balaban J connectivity index is 1.65. The van der Waals surface area contributed by atoms with Crippen LogP contribution in [0.5, 0.6) is 0 Å². The van der Waals surface area contributed by atoms with E-state index in [4.69, 9.17) is 16.0 Å². The van der Waals surface area contributed by atoms with Crippen molar-refractivity contribution in [2.75, 3.05) is 0 Å². The van der Waals surface area contributed by atoms with Crippen molar-refractivity contribution in [2.24, 2.45) is 0 Å². The molecule has 0 aliphatic carbocycles. The molecule has 3 aromatic rings. The van der Waals surface area contributed by atoms with Crippen molar-refractivity contribution in [2.45, 2.75) is 25.9 Å². The van der Waals surface area contributed by atoms with Crippen molar-refractivity contribution >= 4 is 28.6 Å². The number of nitrogens with zero attached hydrogens (tertiary/aromatic N) is 1. The minimum absolute atomic E-state index is 0.114. The number of amides is 1. The van der Waals surface area contributed by atoms with Crippen LogP contribution < -0.4 is 11.1 Å². The highest BCUT2D eigenvalue weighted by Crippen LogP contribution is 2.18. The fraction of sp³-hybridized carbons (Fsp3) is 0.222. The predicted octanol–water partition coefficient (Wildman–Crippen LogP) is 3.65. The molecule has 0 unspecified atom stereocenters. The number of aromatic nitrogens is 1. The molecule has 3 rings (SSSR count). The molecule has 1 N–H and O–H groups in total. The van der Waals surface area contributed by atoms with Gasteiger partial charge in [0.25, 0.3) is 0 Å². The molecule has 2 aromatic carbocycles. The summed E-state index contributed by atoms with van der Waals surface area (Å²) in [5.74, 6) is -1.07. The molecule has 7 heteroatoms. The molecule has 1 aromatic heterocycles. The Bertz CT molecular complexity index is 963. The maximum absolute atomic E-state index is 12.9. The molecule has 130 valence electrons. The Labute approximate surface area is 148 Å². The van der Waals surface area contributed by atoms with Gasteiger partial charge in [-0.05, 0) is 36.8 Å². The van der Waals surface area contributed by atoms with Gasteiger partial charge in [-0.3, -0.25) is 9.36 Å². The third kappa shape index (κ3) is 3.91. The first-order valence-electron chi connectivity index (χ1n) is 7.78. The molecule has 0 bridgehead atoms. The van der Waals surface area contributed by atoms with Gasteiger partial charge in [-0.25, -0.2) is 9.18 Å². The van der Waals surface area contributed by atoms with E-state index < -0.39 is 5.76 Å². The first-order chi connectivity index (χ1) is 11.9. The highest BCUT2D eigenvalue weighted by Gasteiger charge is 2.13. The number of rotatable bonds is 5. The highest BCUT2D eigenvalue weighted by atomic mass is 35.5. The van der Waals surface area contributed by atoms with Gasteiger partial charge in [0.1, 0.15) is 5.82 Å². The smallest absolute Gasteiger partial charge is 0.408 e. The van der Waals surface area contributed by atoms with Crippen molar-refractivity contribution in [1.82, 2.24) is 9.88 Å². The molecule has 0 fully saturated rings. The summed E-state index contributed by atoms with van der Waals surface area (Å²) in [5, 5.41) is 3.30. The molecule has 1 heterocycles. The van der Waals surface area contributed by atoms with Crippen LogP contribution in [0.25, 0.3) is 11.1 Å². The second-order valence-corrected chi connectivity index (χ2v) is 6.16. The van der Waals surface area contributed by atoms with Gasteiger partial charge in [-0.1, -0.05) is 23.7 Å². The summed E-state index contributed by atoms with van der Waals surface area (Å²) in [6.07, 6.45) is 0.114. The summed E-state index contributed by atoms with van der Waals surface area (Å²) in [6.45, 7) is 2.00. The van der Waals surface area contributed by atoms with Crippen molar-refractivity contribution in [1.29, 1.82) is 0 Å². The van der Waals surface area contributed by atoms with E-state index in [1.54, 1.807) is 30.3 Å². The number of benzene rings is 2.